The number of rotatable bonds is 4. The quantitative estimate of drug-likeness (QED) is 0.279. The van der Waals surface area contributed by atoms with Crippen molar-refractivity contribution in [2.45, 2.75) is 33.2 Å². The van der Waals surface area contributed by atoms with Gasteiger partial charge in [-0.25, -0.2) is 4.79 Å². The van der Waals surface area contributed by atoms with E-state index in [9.17, 15) is 9.59 Å². The molecule has 0 bridgehead atoms. The molecule has 0 aromatic heterocycles. The van der Waals surface area contributed by atoms with Crippen LogP contribution in [0.5, 0.6) is 0 Å². The summed E-state index contributed by atoms with van der Waals surface area (Å²) in [5.74, 6) is 0.482. The van der Waals surface area contributed by atoms with Gasteiger partial charge in [-0.05, 0) is 27.7 Å². The van der Waals surface area contributed by atoms with Crippen LogP contribution in [0.15, 0.2) is 4.99 Å². The van der Waals surface area contributed by atoms with Gasteiger partial charge in [0.2, 0.25) is 5.91 Å². The normalized spacial score (nSPS) is 15.8. The second-order valence-electron chi connectivity index (χ2n) is 5.34. The summed E-state index contributed by atoms with van der Waals surface area (Å²) in [7, 11) is 0. The minimum absolute atomic E-state index is 0. The number of guanidine groups is 1. The van der Waals surface area contributed by atoms with Crippen LogP contribution < -0.4 is 16.0 Å². The molecule has 1 rings (SSSR count). The Morgan fingerprint density at radius 1 is 1.40 bits per heavy atom. The molecule has 1 aliphatic heterocycles. The summed E-state index contributed by atoms with van der Waals surface area (Å²) in [6, 6.07) is -0.339. The summed E-state index contributed by atoms with van der Waals surface area (Å²) in [5.41, 5.74) is -0.0954. The lowest BCUT2D eigenvalue weighted by atomic mass is 10.1. The number of carbonyl (C=O) groups is 2. The summed E-state index contributed by atoms with van der Waals surface area (Å²) in [6.45, 7) is 9.62. The second kappa shape index (κ2) is 8.28. The molecule has 3 N–H and O–H groups in total. The molecule has 20 heavy (non-hydrogen) atoms. The number of nitrogens with one attached hydrogen (secondary N) is 3. The highest BCUT2D eigenvalue weighted by Crippen LogP contribution is 2.00. The second-order valence-corrected chi connectivity index (χ2v) is 5.34. The van der Waals surface area contributed by atoms with Gasteiger partial charge < -0.3 is 16.0 Å². The Hall–Kier alpha value is -1.06. The first-order chi connectivity index (χ1) is 8.83. The molecule has 3 amide bonds. The Kier molecular flexibility index (Phi) is 7.84. The van der Waals surface area contributed by atoms with Gasteiger partial charge in [0.15, 0.2) is 5.96 Å². The van der Waals surface area contributed by atoms with Crippen LogP contribution in [0.2, 0.25) is 0 Å². The van der Waals surface area contributed by atoms with E-state index in [1.54, 1.807) is 0 Å². The van der Waals surface area contributed by atoms with Gasteiger partial charge in [0.1, 0.15) is 0 Å². The first kappa shape index (κ1) is 18.9. The van der Waals surface area contributed by atoms with E-state index >= 15 is 0 Å². The maximum atomic E-state index is 11.4. The van der Waals surface area contributed by atoms with Crippen molar-refractivity contribution in [2.75, 3.05) is 26.2 Å². The standard InChI is InChI=1S/C12H23N5O2.HI/c1-5-13-10(16-12(2,3)4)14-6-7-17-9(18)8-15-11(17)19;/h5-8H2,1-4H3,(H,15,19)(H2,13,14,16);1H. The number of hydrogen-bond acceptors (Lipinski definition) is 3. The molecule has 1 saturated heterocycles. The molecule has 1 fully saturated rings. The van der Waals surface area contributed by atoms with Crippen LogP contribution >= 0.6 is 24.0 Å². The topological polar surface area (TPSA) is 85.8 Å². The third-order valence-corrected chi connectivity index (χ3v) is 2.37. The molecular formula is C12H24IN5O2. The van der Waals surface area contributed by atoms with E-state index in [4.69, 9.17) is 0 Å². The van der Waals surface area contributed by atoms with E-state index in [2.05, 4.69) is 20.9 Å². The maximum Gasteiger partial charge on any atom is 0.324 e. The van der Waals surface area contributed by atoms with Crippen molar-refractivity contribution in [1.82, 2.24) is 20.9 Å². The van der Waals surface area contributed by atoms with Crippen molar-refractivity contribution in [3.63, 3.8) is 0 Å². The van der Waals surface area contributed by atoms with Crippen LogP contribution in [0, 0.1) is 0 Å². The average Bonchev–Trinajstić information content (AvgIpc) is 2.58. The lowest BCUT2D eigenvalue weighted by Gasteiger charge is -2.24. The SMILES string of the molecule is CCNC(=NCCN1C(=O)CNC1=O)NC(C)(C)C.I. The van der Waals surface area contributed by atoms with Gasteiger partial charge in [0.05, 0.1) is 19.6 Å². The molecule has 8 heteroatoms. The molecular weight excluding hydrogens is 373 g/mol. The third-order valence-electron chi connectivity index (χ3n) is 2.37. The van der Waals surface area contributed by atoms with E-state index in [1.807, 2.05) is 27.7 Å². The molecule has 0 unspecified atom stereocenters. The maximum absolute atomic E-state index is 11.4. The Morgan fingerprint density at radius 2 is 2.05 bits per heavy atom. The fourth-order valence-corrected chi connectivity index (χ4v) is 1.61. The van der Waals surface area contributed by atoms with Gasteiger partial charge in [0, 0.05) is 12.1 Å². The minimum Gasteiger partial charge on any atom is -0.357 e. The minimum atomic E-state index is -0.339. The Labute approximate surface area is 137 Å². The van der Waals surface area contributed by atoms with Crippen molar-refractivity contribution < 1.29 is 9.59 Å². The monoisotopic (exact) mass is 397 g/mol. The van der Waals surface area contributed by atoms with Crippen LogP contribution in [-0.2, 0) is 4.79 Å². The number of imide groups is 1. The number of aliphatic imine (C=N–C) groups is 1. The molecule has 0 aliphatic carbocycles. The summed E-state index contributed by atoms with van der Waals surface area (Å²) >= 11 is 0. The van der Waals surface area contributed by atoms with Crippen LogP contribution in [0.25, 0.3) is 0 Å². The first-order valence-corrected chi connectivity index (χ1v) is 6.48. The molecule has 116 valence electrons. The van der Waals surface area contributed by atoms with Crippen molar-refractivity contribution in [3.05, 3.63) is 0 Å². The predicted octanol–water partition coefficient (Wildman–Crippen LogP) is 0.510. The number of urea groups is 1. The lowest BCUT2D eigenvalue weighted by Crippen LogP contribution is -2.48. The first-order valence-electron chi connectivity index (χ1n) is 6.48. The zero-order chi connectivity index (χ0) is 14.5. The zero-order valence-corrected chi connectivity index (χ0v) is 14.8. The van der Waals surface area contributed by atoms with Crippen LogP contribution in [0.3, 0.4) is 0 Å². The molecule has 0 aromatic carbocycles. The third kappa shape index (κ3) is 6.40. The van der Waals surface area contributed by atoms with Crippen molar-refractivity contribution in [2.24, 2.45) is 4.99 Å². The van der Waals surface area contributed by atoms with E-state index in [-0.39, 0.29) is 48.0 Å². The van der Waals surface area contributed by atoms with Gasteiger partial charge >= 0.3 is 6.03 Å². The van der Waals surface area contributed by atoms with Gasteiger partial charge in [-0.2, -0.15) is 0 Å². The summed E-state index contributed by atoms with van der Waals surface area (Å²) in [6.07, 6.45) is 0. The van der Waals surface area contributed by atoms with Gasteiger partial charge in [-0.15, -0.1) is 24.0 Å². The fourth-order valence-electron chi connectivity index (χ4n) is 1.61. The Bertz CT molecular complexity index is 363. The van der Waals surface area contributed by atoms with E-state index < -0.39 is 0 Å². The molecule has 0 atom stereocenters. The highest BCUT2D eigenvalue weighted by molar-refractivity contribution is 14.0. The summed E-state index contributed by atoms with van der Waals surface area (Å²) in [4.78, 5) is 28.2. The molecule has 7 nitrogen and oxygen atoms in total. The van der Waals surface area contributed by atoms with E-state index in [1.165, 1.54) is 4.90 Å². The highest BCUT2D eigenvalue weighted by Gasteiger charge is 2.27. The predicted molar refractivity (Wildman–Crippen MR) is 89.4 cm³/mol. The number of amides is 3. The van der Waals surface area contributed by atoms with Gasteiger partial charge in [0.25, 0.3) is 0 Å². The Morgan fingerprint density at radius 3 is 2.50 bits per heavy atom. The average molecular weight is 397 g/mol. The largest absolute Gasteiger partial charge is 0.357 e. The number of hydrogen-bond donors (Lipinski definition) is 3. The molecule has 0 radical (unpaired) electrons. The molecule has 0 spiro atoms. The fraction of sp³-hybridized carbons (Fsp3) is 0.750. The number of carbonyl (C=O) groups excluding carboxylic acids is 2. The molecule has 0 aromatic rings. The van der Waals surface area contributed by atoms with E-state index in [0.29, 0.717) is 19.0 Å². The van der Waals surface area contributed by atoms with Crippen LogP contribution in [-0.4, -0.2) is 54.5 Å². The molecule has 1 aliphatic rings. The Balaban J connectivity index is 0.00000361. The number of nitrogens with zero attached hydrogens (tertiary/aromatic N) is 2. The lowest BCUT2D eigenvalue weighted by molar-refractivity contribution is -0.124. The number of halogens is 1. The zero-order valence-electron chi connectivity index (χ0n) is 12.4. The van der Waals surface area contributed by atoms with Crippen LogP contribution in [0.4, 0.5) is 4.79 Å². The van der Waals surface area contributed by atoms with Gasteiger partial charge in [-0.3, -0.25) is 14.7 Å². The smallest absolute Gasteiger partial charge is 0.324 e. The van der Waals surface area contributed by atoms with Crippen LogP contribution in [0.1, 0.15) is 27.7 Å². The summed E-state index contributed by atoms with van der Waals surface area (Å²) < 4.78 is 0. The van der Waals surface area contributed by atoms with Crippen molar-refractivity contribution in [1.29, 1.82) is 0 Å². The molecule has 0 saturated carbocycles. The van der Waals surface area contributed by atoms with Gasteiger partial charge in [-0.1, -0.05) is 0 Å². The summed E-state index contributed by atoms with van der Waals surface area (Å²) in [5, 5.41) is 8.84. The highest BCUT2D eigenvalue weighted by atomic mass is 127. The van der Waals surface area contributed by atoms with E-state index in [0.717, 1.165) is 6.54 Å². The van der Waals surface area contributed by atoms with Crippen molar-refractivity contribution in [3.8, 4) is 0 Å². The van der Waals surface area contributed by atoms with Crippen molar-refractivity contribution >= 4 is 41.9 Å². The molecule has 1 heterocycles.